The van der Waals surface area contributed by atoms with E-state index in [0.717, 1.165) is 30.1 Å². The number of carbonyl (C=O) groups is 2. The van der Waals surface area contributed by atoms with Gasteiger partial charge in [0.05, 0.1) is 6.54 Å². The summed E-state index contributed by atoms with van der Waals surface area (Å²) in [6.45, 7) is 8.74. The molecule has 1 saturated heterocycles. The summed E-state index contributed by atoms with van der Waals surface area (Å²) < 4.78 is 8.10. The standard InChI is InChI=1S/C23H22Cl2N4O4S.2C2H6/c1-27-12-2-3-19(27)21(31)33-14-28-22(26-20(30)16-6-10-18(25)11-7-16)34-29(23(28)32)13-15-4-8-17(24)9-5-15;2*1-2/h4-11,19H,2-3,12-14H2,1H3;2*1-2H3. The molecular formula is C27H34Cl2N4O4S. The third kappa shape index (κ3) is 8.39. The largest absolute Gasteiger partial charge is 0.442 e. The van der Waals surface area contributed by atoms with E-state index in [1.54, 1.807) is 36.4 Å². The number of aromatic nitrogens is 2. The smallest absolute Gasteiger partial charge is 0.342 e. The molecule has 1 aliphatic rings. The molecule has 0 radical (unpaired) electrons. The molecule has 0 bridgehead atoms. The third-order valence-electron chi connectivity index (χ3n) is 5.52. The highest BCUT2D eigenvalue weighted by Gasteiger charge is 2.29. The fraction of sp³-hybridized carbons (Fsp3) is 0.407. The zero-order chi connectivity index (χ0) is 28.2. The van der Waals surface area contributed by atoms with Crippen LogP contribution in [0, 0.1) is 0 Å². The van der Waals surface area contributed by atoms with Gasteiger partial charge < -0.3 is 4.74 Å². The van der Waals surface area contributed by atoms with E-state index in [1.165, 1.54) is 8.52 Å². The normalized spacial score (nSPS) is 15.2. The molecule has 2 aromatic carbocycles. The minimum absolute atomic E-state index is 0.131. The lowest BCUT2D eigenvalue weighted by Crippen LogP contribution is -2.37. The second kappa shape index (κ2) is 15.6. The Bertz CT molecular complexity index is 1310. The summed E-state index contributed by atoms with van der Waals surface area (Å²) in [6, 6.07) is 13.0. The molecule has 1 amide bonds. The first-order valence-electron chi connectivity index (χ1n) is 12.6. The average Bonchev–Trinajstić information content (AvgIpc) is 3.49. The van der Waals surface area contributed by atoms with Crippen LogP contribution in [0.1, 0.15) is 56.5 Å². The highest BCUT2D eigenvalue weighted by atomic mass is 35.5. The number of carbonyl (C=O) groups excluding carboxylic acids is 2. The van der Waals surface area contributed by atoms with Crippen molar-refractivity contribution in [3.8, 4) is 0 Å². The molecule has 0 spiro atoms. The molecule has 4 rings (SSSR count). The predicted molar refractivity (Wildman–Crippen MR) is 153 cm³/mol. The van der Waals surface area contributed by atoms with Gasteiger partial charge in [0.2, 0.25) is 4.80 Å². The van der Waals surface area contributed by atoms with E-state index in [4.69, 9.17) is 27.9 Å². The van der Waals surface area contributed by atoms with Crippen LogP contribution >= 0.6 is 34.7 Å². The SMILES string of the molecule is CC.CC.CN1CCCC1C(=O)OCn1c(=NC(=O)c2ccc(Cl)cc2)sn(Cc2ccc(Cl)cc2)c1=O. The summed E-state index contributed by atoms with van der Waals surface area (Å²) in [5.41, 5.74) is 0.737. The van der Waals surface area contributed by atoms with Crippen LogP contribution in [0.4, 0.5) is 0 Å². The van der Waals surface area contributed by atoms with Gasteiger partial charge in [0.15, 0.2) is 6.73 Å². The Kier molecular flexibility index (Phi) is 13.0. The molecule has 3 aromatic rings. The lowest BCUT2D eigenvalue weighted by Gasteiger charge is -2.17. The summed E-state index contributed by atoms with van der Waals surface area (Å²) in [5, 5.41) is 1.08. The molecule has 8 nitrogen and oxygen atoms in total. The molecule has 206 valence electrons. The van der Waals surface area contributed by atoms with E-state index >= 15 is 0 Å². The number of hydrogen-bond acceptors (Lipinski definition) is 6. The second-order valence-corrected chi connectivity index (χ2v) is 9.76. The number of hydrogen-bond donors (Lipinski definition) is 0. The number of esters is 1. The van der Waals surface area contributed by atoms with Gasteiger partial charge in [-0.3, -0.25) is 14.5 Å². The van der Waals surface area contributed by atoms with Crippen LogP contribution < -0.4 is 10.5 Å². The van der Waals surface area contributed by atoms with Crippen molar-refractivity contribution >= 4 is 46.6 Å². The van der Waals surface area contributed by atoms with Gasteiger partial charge in [-0.05, 0) is 79.9 Å². The Balaban J connectivity index is 0.00000121. The number of rotatable bonds is 6. The maximum atomic E-state index is 13.1. The zero-order valence-electron chi connectivity index (χ0n) is 22.3. The van der Waals surface area contributed by atoms with E-state index in [-0.39, 0.29) is 24.1 Å². The van der Waals surface area contributed by atoms with Crippen molar-refractivity contribution in [1.29, 1.82) is 0 Å². The van der Waals surface area contributed by atoms with Gasteiger partial charge in [-0.15, -0.1) is 0 Å². The van der Waals surface area contributed by atoms with Crippen molar-refractivity contribution < 1.29 is 14.3 Å². The summed E-state index contributed by atoms with van der Waals surface area (Å²) in [7, 11) is 1.86. The van der Waals surface area contributed by atoms with Gasteiger partial charge in [-0.2, -0.15) is 4.99 Å². The first-order valence-corrected chi connectivity index (χ1v) is 14.1. The number of benzene rings is 2. The molecule has 11 heteroatoms. The highest BCUT2D eigenvalue weighted by molar-refractivity contribution is 7.03. The second-order valence-electron chi connectivity index (χ2n) is 7.90. The van der Waals surface area contributed by atoms with Gasteiger partial charge in [0, 0.05) is 15.6 Å². The molecule has 1 aromatic heterocycles. The lowest BCUT2D eigenvalue weighted by atomic mass is 10.2. The summed E-state index contributed by atoms with van der Waals surface area (Å²) in [5.74, 6) is -0.940. The van der Waals surface area contributed by atoms with Crippen LogP contribution in [0.25, 0.3) is 0 Å². The maximum absolute atomic E-state index is 13.1. The molecule has 1 unspecified atom stereocenters. The van der Waals surface area contributed by atoms with Crippen molar-refractivity contribution in [1.82, 2.24) is 13.4 Å². The Hall–Kier alpha value is -2.72. The fourth-order valence-electron chi connectivity index (χ4n) is 3.63. The van der Waals surface area contributed by atoms with E-state index in [0.29, 0.717) is 22.0 Å². The lowest BCUT2D eigenvalue weighted by molar-refractivity contribution is -0.152. The van der Waals surface area contributed by atoms with Crippen LogP contribution in [0.2, 0.25) is 10.0 Å². The molecule has 38 heavy (non-hydrogen) atoms. The quantitative estimate of drug-likeness (QED) is 0.361. The van der Waals surface area contributed by atoms with Crippen molar-refractivity contribution in [2.24, 2.45) is 4.99 Å². The summed E-state index contributed by atoms with van der Waals surface area (Å²) in [6.07, 6.45) is 1.61. The minimum Gasteiger partial charge on any atom is -0.442 e. The number of nitrogens with zero attached hydrogens (tertiary/aromatic N) is 4. The molecule has 0 saturated carbocycles. The monoisotopic (exact) mass is 580 g/mol. The highest BCUT2D eigenvalue weighted by Crippen LogP contribution is 2.16. The molecular weight excluding hydrogens is 547 g/mol. The van der Waals surface area contributed by atoms with Crippen LogP contribution in [0.15, 0.2) is 58.3 Å². The van der Waals surface area contributed by atoms with Crippen molar-refractivity contribution in [2.45, 2.75) is 59.9 Å². The molecule has 1 aliphatic heterocycles. The number of likely N-dealkylation sites (tertiary alicyclic amines) is 1. The zero-order valence-corrected chi connectivity index (χ0v) is 24.6. The van der Waals surface area contributed by atoms with Gasteiger partial charge in [-0.25, -0.2) is 13.3 Å². The minimum atomic E-state index is -0.535. The number of amides is 1. The summed E-state index contributed by atoms with van der Waals surface area (Å²) >= 11 is 12.9. The Morgan fingerprint density at radius 1 is 1.00 bits per heavy atom. The van der Waals surface area contributed by atoms with Gasteiger partial charge in [0.25, 0.3) is 5.91 Å². The number of likely N-dealkylation sites (N-methyl/N-ethyl adjacent to an activating group) is 1. The van der Waals surface area contributed by atoms with E-state index < -0.39 is 17.6 Å². The van der Waals surface area contributed by atoms with Crippen LogP contribution in [-0.2, 0) is 22.8 Å². The average molecular weight is 582 g/mol. The first kappa shape index (κ1) is 31.5. The van der Waals surface area contributed by atoms with E-state index in [9.17, 15) is 14.4 Å². The van der Waals surface area contributed by atoms with Gasteiger partial charge >= 0.3 is 11.7 Å². The summed E-state index contributed by atoms with van der Waals surface area (Å²) in [4.78, 5) is 44.6. The van der Waals surface area contributed by atoms with E-state index in [2.05, 4.69) is 4.99 Å². The van der Waals surface area contributed by atoms with Crippen molar-refractivity contribution in [2.75, 3.05) is 13.6 Å². The van der Waals surface area contributed by atoms with Crippen molar-refractivity contribution in [3.05, 3.63) is 85.0 Å². The number of ether oxygens (including phenoxy) is 1. The van der Waals surface area contributed by atoms with Crippen LogP contribution in [0.5, 0.6) is 0 Å². The predicted octanol–water partition coefficient (Wildman–Crippen LogP) is 5.45. The third-order valence-corrected chi connectivity index (χ3v) is 7.01. The van der Waals surface area contributed by atoms with Crippen molar-refractivity contribution in [3.63, 3.8) is 0 Å². The maximum Gasteiger partial charge on any atom is 0.342 e. The van der Waals surface area contributed by atoms with Crippen LogP contribution in [0.3, 0.4) is 0 Å². The molecule has 1 fully saturated rings. The fourth-order valence-corrected chi connectivity index (χ4v) is 4.82. The first-order chi connectivity index (χ1) is 18.3. The molecule has 0 aliphatic carbocycles. The molecule has 0 N–H and O–H groups in total. The molecule has 1 atom stereocenters. The van der Waals surface area contributed by atoms with Gasteiger partial charge in [-0.1, -0.05) is 63.0 Å². The van der Waals surface area contributed by atoms with Crippen LogP contribution in [-0.4, -0.2) is 44.9 Å². The molecule has 2 heterocycles. The Labute approximate surface area is 237 Å². The Morgan fingerprint density at radius 3 is 2.13 bits per heavy atom. The van der Waals surface area contributed by atoms with Gasteiger partial charge in [0.1, 0.15) is 6.04 Å². The Morgan fingerprint density at radius 2 is 1.58 bits per heavy atom. The topological polar surface area (TPSA) is 85.9 Å². The van der Waals surface area contributed by atoms with E-state index in [1.807, 2.05) is 51.8 Å². The number of halogens is 2.